The second kappa shape index (κ2) is 9.59. The number of carbonyl (C=O) groups is 2. The molecule has 1 saturated carbocycles. The Bertz CT molecular complexity index is 558. The van der Waals surface area contributed by atoms with Gasteiger partial charge in [0.25, 0.3) is 0 Å². The maximum atomic E-state index is 13.0. The summed E-state index contributed by atoms with van der Waals surface area (Å²) in [5.74, 6) is 0.0988. The molecule has 138 valence electrons. The normalized spacial score (nSPS) is 21.4. The summed E-state index contributed by atoms with van der Waals surface area (Å²) in [6.45, 7) is 4.52. The van der Waals surface area contributed by atoms with E-state index in [9.17, 15) is 9.59 Å². The second-order valence-corrected chi connectivity index (χ2v) is 7.28. The van der Waals surface area contributed by atoms with Crippen LogP contribution >= 0.6 is 0 Å². The van der Waals surface area contributed by atoms with Gasteiger partial charge in [0, 0.05) is 19.0 Å². The first-order valence-electron chi connectivity index (χ1n) is 9.44. The van der Waals surface area contributed by atoms with Crippen molar-refractivity contribution in [2.24, 2.45) is 11.8 Å². The highest BCUT2D eigenvalue weighted by Crippen LogP contribution is 2.29. The van der Waals surface area contributed by atoms with E-state index in [2.05, 4.69) is 19.1 Å². The van der Waals surface area contributed by atoms with Crippen LogP contribution in [0.2, 0.25) is 0 Å². The van der Waals surface area contributed by atoms with Gasteiger partial charge in [-0.05, 0) is 30.7 Å². The number of amides is 1. The molecule has 1 aromatic rings. The fourth-order valence-corrected chi connectivity index (χ4v) is 3.79. The standard InChI is InChI=1S/C21H31NO3/c1-16-9-7-8-12-19(16)22(15-17(2)21(24)25-3)20(23)14-13-18-10-5-4-6-11-18/h4-6,10-11,16-17,19H,7-9,12-15H2,1-3H3. The zero-order chi connectivity index (χ0) is 18.2. The van der Waals surface area contributed by atoms with Crippen LogP contribution in [0.15, 0.2) is 30.3 Å². The van der Waals surface area contributed by atoms with Crippen LogP contribution in [0.25, 0.3) is 0 Å². The quantitative estimate of drug-likeness (QED) is 0.706. The maximum Gasteiger partial charge on any atom is 0.310 e. The fourth-order valence-electron chi connectivity index (χ4n) is 3.79. The summed E-state index contributed by atoms with van der Waals surface area (Å²) in [6.07, 6.45) is 5.80. The van der Waals surface area contributed by atoms with Crippen molar-refractivity contribution in [3.8, 4) is 0 Å². The summed E-state index contributed by atoms with van der Waals surface area (Å²) in [5, 5.41) is 0. The van der Waals surface area contributed by atoms with Crippen molar-refractivity contribution in [3.63, 3.8) is 0 Å². The molecular weight excluding hydrogens is 314 g/mol. The monoisotopic (exact) mass is 345 g/mol. The fraction of sp³-hybridized carbons (Fsp3) is 0.619. The molecule has 2 rings (SSSR count). The van der Waals surface area contributed by atoms with E-state index < -0.39 is 0 Å². The van der Waals surface area contributed by atoms with E-state index in [1.165, 1.54) is 19.1 Å². The highest BCUT2D eigenvalue weighted by atomic mass is 16.5. The molecule has 1 aliphatic rings. The summed E-state index contributed by atoms with van der Waals surface area (Å²) >= 11 is 0. The number of benzene rings is 1. The lowest BCUT2D eigenvalue weighted by molar-refractivity contribution is -0.147. The number of esters is 1. The molecule has 0 radical (unpaired) electrons. The van der Waals surface area contributed by atoms with Gasteiger partial charge in [-0.25, -0.2) is 0 Å². The van der Waals surface area contributed by atoms with Gasteiger partial charge in [0.2, 0.25) is 5.91 Å². The average molecular weight is 345 g/mol. The van der Waals surface area contributed by atoms with E-state index in [-0.39, 0.29) is 23.8 Å². The van der Waals surface area contributed by atoms with Crippen molar-refractivity contribution in [1.82, 2.24) is 4.90 Å². The van der Waals surface area contributed by atoms with E-state index in [4.69, 9.17) is 4.74 Å². The minimum atomic E-state index is -0.292. The van der Waals surface area contributed by atoms with Gasteiger partial charge in [-0.15, -0.1) is 0 Å². The molecule has 1 fully saturated rings. The van der Waals surface area contributed by atoms with Crippen LogP contribution in [0.3, 0.4) is 0 Å². The molecule has 3 atom stereocenters. The van der Waals surface area contributed by atoms with Crippen LogP contribution in [0.5, 0.6) is 0 Å². The largest absolute Gasteiger partial charge is 0.469 e. The predicted octanol–water partition coefficient (Wildman–Crippen LogP) is 3.84. The Kier molecular flexibility index (Phi) is 7.48. The Morgan fingerprint density at radius 2 is 1.88 bits per heavy atom. The van der Waals surface area contributed by atoms with Crippen molar-refractivity contribution in [3.05, 3.63) is 35.9 Å². The van der Waals surface area contributed by atoms with Gasteiger partial charge in [0.15, 0.2) is 0 Å². The van der Waals surface area contributed by atoms with Crippen LogP contribution in [0.1, 0.15) is 51.5 Å². The van der Waals surface area contributed by atoms with Gasteiger partial charge < -0.3 is 9.64 Å². The molecule has 0 spiro atoms. The molecule has 0 saturated heterocycles. The Balaban J connectivity index is 2.06. The molecule has 0 aliphatic heterocycles. The van der Waals surface area contributed by atoms with Gasteiger partial charge in [0.1, 0.15) is 0 Å². The number of ether oxygens (including phenoxy) is 1. The SMILES string of the molecule is COC(=O)C(C)CN(C(=O)CCc1ccccc1)C1CCCCC1C. The van der Waals surface area contributed by atoms with Crippen LogP contribution in [-0.4, -0.2) is 36.5 Å². The number of carbonyl (C=O) groups excluding carboxylic acids is 2. The van der Waals surface area contributed by atoms with E-state index in [1.807, 2.05) is 30.0 Å². The molecule has 1 aliphatic carbocycles. The summed E-state index contributed by atoms with van der Waals surface area (Å²) in [7, 11) is 1.41. The number of rotatable bonds is 7. The third-order valence-electron chi connectivity index (χ3n) is 5.33. The van der Waals surface area contributed by atoms with Crippen molar-refractivity contribution < 1.29 is 14.3 Å². The Labute approximate surface area is 151 Å². The van der Waals surface area contributed by atoms with Crippen LogP contribution in [0, 0.1) is 11.8 Å². The van der Waals surface area contributed by atoms with E-state index in [0.29, 0.717) is 18.9 Å². The Morgan fingerprint density at radius 3 is 2.52 bits per heavy atom. The summed E-state index contributed by atoms with van der Waals surface area (Å²) in [6, 6.07) is 10.3. The van der Waals surface area contributed by atoms with Gasteiger partial charge >= 0.3 is 5.97 Å². The number of methoxy groups -OCH3 is 1. The predicted molar refractivity (Wildman–Crippen MR) is 99.1 cm³/mol. The molecule has 0 N–H and O–H groups in total. The van der Waals surface area contributed by atoms with E-state index >= 15 is 0 Å². The molecule has 4 heteroatoms. The van der Waals surface area contributed by atoms with Gasteiger partial charge in [-0.2, -0.15) is 0 Å². The number of aryl methyl sites for hydroxylation is 1. The van der Waals surface area contributed by atoms with Gasteiger partial charge in [-0.3, -0.25) is 9.59 Å². The van der Waals surface area contributed by atoms with Crippen LogP contribution in [0.4, 0.5) is 0 Å². The first kappa shape index (κ1) is 19.5. The van der Waals surface area contributed by atoms with Gasteiger partial charge in [0.05, 0.1) is 13.0 Å². The van der Waals surface area contributed by atoms with Gasteiger partial charge in [-0.1, -0.05) is 57.0 Å². The molecule has 0 aromatic heterocycles. The molecule has 4 nitrogen and oxygen atoms in total. The lowest BCUT2D eigenvalue weighted by atomic mass is 9.84. The molecule has 0 heterocycles. The Hall–Kier alpha value is -1.84. The number of hydrogen-bond donors (Lipinski definition) is 0. The van der Waals surface area contributed by atoms with Crippen molar-refractivity contribution >= 4 is 11.9 Å². The lowest BCUT2D eigenvalue weighted by Gasteiger charge is -2.39. The average Bonchev–Trinajstić information content (AvgIpc) is 2.64. The number of hydrogen-bond acceptors (Lipinski definition) is 3. The topological polar surface area (TPSA) is 46.6 Å². The first-order chi connectivity index (χ1) is 12.0. The molecule has 1 aromatic carbocycles. The van der Waals surface area contributed by atoms with Crippen molar-refractivity contribution in [1.29, 1.82) is 0 Å². The van der Waals surface area contributed by atoms with Crippen LogP contribution in [-0.2, 0) is 20.7 Å². The van der Waals surface area contributed by atoms with Crippen molar-refractivity contribution in [2.45, 2.75) is 58.4 Å². The minimum absolute atomic E-state index is 0.151. The highest BCUT2D eigenvalue weighted by Gasteiger charge is 2.32. The molecule has 1 amide bonds. The number of nitrogens with zero attached hydrogens (tertiary/aromatic N) is 1. The van der Waals surface area contributed by atoms with E-state index in [1.54, 1.807) is 0 Å². The summed E-state index contributed by atoms with van der Waals surface area (Å²) < 4.78 is 4.86. The molecule has 0 bridgehead atoms. The molecule has 25 heavy (non-hydrogen) atoms. The Morgan fingerprint density at radius 1 is 1.20 bits per heavy atom. The first-order valence-corrected chi connectivity index (χ1v) is 9.44. The summed E-state index contributed by atoms with van der Waals surface area (Å²) in [5.41, 5.74) is 1.17. The highest BCUT2D eigenvalue weighted by molar-refractivity contribution is 5.78. The second-order valence-electron chi connectivity index (χ2n) is 7.28. The third kappa shape index (κ3) is 5.58. The lowest BCUT2D eigenvalue weighted by Crippen LogP contribution is -2.48. The maximum absolute atomic E-state index is 13.0. The minimum Gasteiger partial charge on any atom is -0.469 e. The van der Waals surface area contributed by atoms with Crippen molar-refractivity contribution in [2.75, 3.05) is 13.7 Å². The smallest absolute Gasteiger partial charge is 0.310 e. The zero-order valence-electron chi connectivity index (χ0n) is 15.7. The molecule has 3 unspecified atom stereocenters. The molecular formula is C21H31NO3. The van der Waals surface area contributed by atoms with E-state index in [0.717, 1.165) is 25.7 Å². The summed E-state index contributed by atoms with van der Waals surface area (Å²) in [4.78, 5) is 26.8. The zero-order valence-corrected chi connectivity index (χ0v) is 15.7. The third-order valence-corrected chi connectivity index (χ3v) is 5.33. The van der Waals surface area contributed by atoms with Crippen LogP contribution < -0.4 is 0 Å².